The number of alkyl halides is 4. The number of hydrogen-bond acceptors (Lipinski definition) is 5. The van der Waals surface area contributed by atoms with E-state index in [4.69, 9.17) is 9.73 Å². The molecule has 2 aromatic rings. The Labute approximate surface area is 243 Å². The number of aromatic nitrogens is 2. The molecule has 12 heteroatoms. The highest BCUT2D eigenvalue weighted by atomic mass is 79.9. The maximum absolute atomic E-state index is 13.7. The minimum Gasteiger partial charge on any atom is -0.471 e. The van der Waals surface area contributed by atoms with Gasteiger partial charge in [-0.15, -0.1) is 0 Å². The largest absolute Gasteiger partial charge is 0.471 e. The first-order valence-electron chi connectivity index (χ1n) is 13.4. The lowest BCUT2D eigenvalue weighted by molar-refractivity contribution is -0.124. The highest BCUT2D eigenvalue weighted by Crippen LogP contribution is 2.43. The van der Waals surface area contributed by atoms with Crippen molar-refractivity contribution in [2.45, 2.75) is 89.8 Å². The maximum atomic E-state index is 13.7. The number of pyridine rings is 2. The van der Waals surface area contributed by atoms with Crippen molar-refractivity contribution in [2.24, 2.45) is 10.9 Å². The van der Waals surface area contributed by atoms with E-state index in [1.54, 1.807) is 19.1 Å². The summed E-state index contributed by atoms with van der Waals surface area (Å²) in [7, 11) is 1.54. The summed E-state index contributed by atoms with van der Waals surface area (Å²) in [6.07, 6.45) is 4.05. The van der Waals surface area contributed by atoms with E-state index in [9.17, 15) is 22.4 Å². The van der Waals surface area contributed by atoms with Crippen molar-refractivity contribution in [3.63, 3.8) is 0 Å². The van der Waals surface area contributed by atoms with Crippen LogP contribution in [0.25, 0.3) is 0 Å². The van der Waals surface area contributed by atoms with Gasteiger partial charge in [0.05, 0.1) is 5.69 Å². The van der Waals surface area contributed by atoms with Crippen molar-refractivity contribution in [2.75, 3.05) is 6.61 Å². The molecule has 2 atom stereocenters. The molecule has 40 heavy (non-hydrogen) atoms. The van der Waals surface area contributed by atoms with Crippen LogP contribution in [-0.2, 0) is 10.5 Å². The van der Waals surface area contributed by atoms with Crippen molar-refractivity contribution in [3.05, 3.63) is 51.4 Å². The second-order valence-electron chi connectivity index (χ2n) is 10.6. The van der Waals surface area contributed by atoms with Crippen LogP contribution in [0.3, 0.4) is 0 Å². The Kier molecular flexibility index (Phi) is 11.1. The number of ether oxygens (including phenoxy) is 1. The Morgan fingerprint density at radius 1 is 1.25 bits per heavy atom. The molecule has 3 heterocycles. The third-order valence-electron chi connectivity index (χ3n) is 6.61. The SMILES string of the molecule is CCCC1(CCC(C)C)N=C(c2ccc(C(F)(F)P)nc2C2CC2)NC1=O.Cc1cc(Br)cnc1OCC(F)F. The van der Waals surface area contributed by atoms with Crippen LogP contribution in [0, 0.1) is 12.8 Å². The predicted octanol–water partition coefficient (Wildman–Crippen LogP) is 7.53. The number of amides is 1. The predicted molar refractivity (Wildman–Crippen MR) is 154 cm³/mol. The fourth-order valence-electron chi connectivity index (χ4n) is 4.40. The van der Waals surface area contributed by atoms with Gasteiger partial charge in [0.1, 0.15) is 17.1 Å². The summed E-state index contributed by atoms with van der Waals surface area (Å²) in [6, 6.07) is 4.72. The van der Waals surface area contributed by atoms with E-state index in [0.29, 0.717) is 35.9 Å². The summed E-state index contributed by atoms with van der Waals surface area (Å²) in [5, 5.41) is 2.93. The molecule has 4 rings (SSSR count). The van der Waals surface area contributed by atoms with Crippen LogP contribution in [-0.4, -0.2) is 40.3 Å². The van der Waals surface area contributed by atoms with Crippen molar-refractivity contribution in [1.29, 1.82) is 0 Å². The van der Waals surface area contributed by atoms with Crippen LogP contribution in [0.15, 0.2) is 33.9 Å². The quantitative estimate of drug-likeness (QED) is 0.202. The molecular formula is C28H36BrF4N4O2P. The first kappa shape index (κ1) is 32.4. The van der Waals surface area contributed by atoms with Crippen LogP contribution < -0.4 is 10.1 Å². The number of amidine groups is 1. The molecule has 6 nitrogen and oxygen atoms in total. The van der Waals surface area contributed by atoms with Gasteiger partial charge < -0.3 is 10.1 Å². The van der Waals surface area contributed by atoms with Crippen molar-refractivity contribution in [1.82, 2.24) is 15.3 Å². The lowest BCUT2D eigenvalue weighted by Gasteiger charge is -2.23. The summed E-state index contributed by atoms with van der Waals surface area (Å²) in [5.41, 5.74) is -2.03. The zero-order valence-corrected chi connectivity index (χ0v) is 25.9. The summed E-state index contributed by atoms with van der Waals surface area (Å²) < 4.78 is 56.5. The van der Waals surface area contributed by atoms with Gasteiger partial charge in [-0.25, -0.2) is 13.8 Å². The van der Waals surface area contributed by atoms with E-state index in [0.717, 1.165) is 35.7 Å². The number of carbonyl (C=O) groups excluding carboxylic acids is 1. The van der Waals surface area contributed by atoms with E-state index in [-0.39, 0.29) is 23.4 Å². The summed E-state index contributed by atoms with van der Waals surface area (Å²) in [5.74, 6) is 1.32. The minimum absolute atomic E-state index is 0.0813. The molecule has 220 valence electrons. The molecule has 2 aliphatic rings. The zero-order valence-electron chi connectivity index (χ0n) is 23.1. The van der Waals surface area contributed by atoms with E-state index in [1.165, 1.54) is 21.5 Å². The lowest BCUT2D eigenvalue weighted by atomic mass is 9.86. The van der Waals surface area contributed by atoms with Crippen molar-refractivity contribution >= 4 is 36.9 Å². The molecule has 0 saturated heterocycles. The summed E-state index contributed by atoms with van der Waals surface area (Å²) >= 11 is 3.21. The Morgan fingerprint density at radius 2 is 1.95 bits per heavy atom. The molecule has 1 saturated carbocycles. The number of rotatable bonds is 11. The molecular weight excluding hydrogens is 611 g/mol. The standard InChI is InChI=1S/C20H28F2N3OP.C8H8BrF2NO/c1-4-10-19(11-9-12(2)3)18(26)24-17(25-19)14-7-8-15(20(21,22)27)23-16(14)13-5-6-13;1-5-2-6(9)3-12-8(5)13-4-7(10)11/h7-8,12-13H,4-6,9-11,27H2,1-3H3,(H,24,25,26);2-3,7H,4H2,1H3. The normalized spacial score (nSPS) is 18.9. The third kappa shape index (κ3) is 8.68. The number of carbonyl (C=O) groups is 1. The lowest BCUT2D eigenvalue weighted by Crippen LogP contribution is -2.40. The van der Waals surface area contributed by atoms with Gasteiger partial charge in [-0.1, -0.05) is 36.4 Å². The smallest absolute Gasteiger partial charge is 0.300 e. The van der Waals surface area contributed by atoms with Gasteiger partial charge >= 0.3 is 0 Å². The Balaban J connectivity index is 0.000000285. The third-order valence-corrected chi connectivity index (χ3v) is 7.34. The van der Waals surface area contributed by atoms with Crippen LogP contribution >= 0.6 is 25.2 Å². The Hall–Kier alpha value is -2.13. The molecule has 2 unspecified atom stereocenters. The molecule has 1 aliphatic heterocycles. The fourth-order valence-corrected chi connectivity index (χ4v) is 5.01. The average Bonchev–Trinajstić information content (AvgIpc) is 3.66. The maximum Gasteiger partial charge on any atom is 0.300 e. The van der Waals surface area contributed by atoms with Crippen LogP contribution in [0.4, 0.5) is 17.6 Å². The first-order valence-corrected chi connectivity index (χ1v) is 14.8. The molecule has 0 bridgehead atoms. The number of hydrogen-bond donors (Lipinski definition) is 1. The molecule has 0 spiro atoms. The Bertz CT molecular complexity index is 1220. The number of nitrogens with one attached hydrogen (secondary N) is 1. The number of aryl methyl sites for hydroxylation is 1. The van der Waals surface area contributed by atoms with Gasteiger partial charge in [0.2, 0.25) is 5.88 Å². The number of nitrogens with zero attached hydrogens (tertiary/aromatic N) is 3. The summed E-state index contributed by atoms with van der Waals surface area (Å²) in [4.78, 5) is 25.7. The number of aliphatic imine (C=N–C) groups is 1. The van der Waals surface area contributed by atoms with Gasteiger partial charge in [0.25, 0.3) is 18.0 Å². The van der Waals surface area contributed by atoms with E-state index in [2.05, 4.69) is 45.1 Å². The highest BCUT2D eigenvalue weighted by molar-refractivity contribution is 9.10. The minimum atomic E-state index is -3.06. The van der Waals surface area contributed by atoms with E-state index in [1.807, 2.05) is 6.92 Å². The van der Waals surface area contributed by atoms with Crippen molar-refractivity contribution < 1.29 is 27.1 Å². The average molecular weight is 647 g/mol. The van der Waals surface area contributed by atoms with Crippen LogP contribution in [0.5, 0.6) is 5.88 Å². The van der Waals surface area contributed by atoms with Crippen LogP contribution in [0.2, 0.25) is 0 Å². The fraction of sp³-hybridized carbons (Fsp3) is 0.571. The molecule has 1 fully saturated rings. The second kappa shape index (κ2) is 13.7. The van der Waals surface area contributed by atoms with Gasteiger partial charge in [0.15, 0.2) is 6.61 Å². The second-order valence-corrected chi connectivity index (χ2v) is 12.3. The van der Waals surface area contributed by atoms with Crippen molar-refractivity contribution in [3.8, 4) is 5.88 Å². The van der Waals surface area contributed by atoms with Gasteiger partial charge in [-0.3, -0.25) is 14.8 Å². The molecule has 0 radical (unpaired) electrons. The van der Waals surface area contributed by atoms with E-state index >= 15 is 0 Å². The summed E-state index contributed by atoms with van der Waals surface area (Å²) in [6.45, 7) is 7.45. The Morgan fingerprint density at radius 3 is 2.50 bits per heavy atom. The molecule has 0 aromatic carbocycles. The van der Waals surface area contributed by atoms with Gasteiger partial charge in [0, 0.05) is 27.7 Å². The molecule has 1 N–H and O–H groups in total. The molecule has 1 aliphatic carbocycles. The van der Waals surface area contributed by atoms with Gasteiger partial charge in [-0.05, 0) is 79.1 Å². The molecule has 2 aromatic heterocycles. The first-order chi connectivity index (χ1) is 18.8. The van der Waals surface area contributed by atoms with Gasteiger partial charge in [-0.2, -0.15) is 8.78 Å². The monoisotopic (exact) mass is 646 g/mol. The molecule has 1 amide bonds. The zero-order chi connectivity index (χ0) is 29.7. The highest BCUT2D eigenvalue weighted by Gasteiger charge is 2.44. The number of halogens is 5. The van der Waals surface area contributed by atoms with E-state index < -0.39 is 24.2 Å². The topological polar surface area (TPSA) is 76.5 Å². The van der Waals surface area contributed by atoms with Crippen LogP contribution in [0.1, 0.15) is 87.7 Å².